The molecular formula is C40H74NO8Si. The molecule has 1 heterocycles. The highest BCUT2D eigenvalue weighted by atomic mass is 28.4. The first kappa shape index (κ1) is 46.3. The molecule has 1 aliphatic rings. The van der Waals surface area contributed by atoms with E-state index in [1.165, 1.54) is 0 Å². The van der Waals surface area contributed by atoms with E-state index in [0.29, 0.717) is 26.2 Å². The summed E-state index contributed by atoms with van der Waals surface area (Å²) in [5.41, 5.74) is 0. The second-order valence-electron chi connectivity index (χ2n) is 15.2. The van der Waals surface area contributed by atoms with Gasteiger partial charge in [-0.15, -0.1) is 0 Å². The number of hydrogen-bond donors (Lipinski definition) is 0. The summed E-state index contributed by atoms with van der Waals surface area (Å²) in [5, 5.41) is 0.221. The van der Waals surface area contributed by atoms with Gasteiger partial charge in [-0.2, -0.15) is 0 Å². The molecule has 0 aromatic rings. The lowest BCUT2D eigenvalue weighted by Crippen LogP contribution is -2.42. The number of allylic oxidation sites excluding steroid dienone is 4. The summed E-state index contributed by atoms with van der Waals surface area (Å²) in [6, 6.07) is 0. The van der Waals surface area contributed by atoms with Crippen molar-refractivity contribution in [1.29, 1.82) is 0 Å². The highest BCUT2D eigenvalue weighted by Crippen LogP contribution is 2.36. The van der Waals surface area contributed by atoms with Crippen LogP contribution in [0.1, 0.15) is 118 Å². The van der Waals surface area contributed by atoms with Gasteiger partial charge in [-0.05, 0) is 102 Å². The monoisotopic (exact) mass is 725 g/mol. The summed E-state index contributed by atoms with van der Waals surface area (Å²) in [4.78, 5) is 27.2. The molecular weight excluding hydrogens is 651 g/mol. The smallest absolute Gasteiger partial charge is 0.465 e. The van der Waals surface area contributed by atoms with Crippen LogP contribution in [-0.4, -0.2) is 90.9 Å². The molecule has 0 aromatic heterocycles. The van der Waals surface area contributed by atoms with Crippen molar-refractivity contribution in [3.05, 3.63) is 31.2 Å². The summed E-state index contributed by atoms with van der Waals surface area (Å²) in [6.45, 7) is 25.0. The van der Waals surface area contributed by atoms with Crippen LogP contribution < -0.4 is 0 Å². The van der Waals surface area contributed by atoms with Gasteiger partial charge in [0.25, 0.3) is 0 Å². The Labute approximate surface area is 307 Å². The van der Waals surface area contributed by atoms with Crippen molar-refractivity contribution in [3.63, 3.8) is 0 Å². The third-order valence-corrected chi connectivity index (χ3v) is 13.9. The maximum absolute atomic E-state index is 12.5. The van der Waals surface area contributed by atoms with Crippen LogP contribution in [0, 0.1) is 18.8 Å². The van der Waals surface area contributed by atoms with Crippen molar-refractivity contribution >= 4 is 20.4 Å². The quantitative estimate of drug-likeness (QED) is 0.0257. The zero-order chi connectivity index (χ0) is 37.1. The molecule has 0 aromatic carbocycles. The van der Waals surface area contributed by atoms with Gasteiger partial charge in [-0.3, -0.25) is 4.79 Å². The van der Waals surface area contributed by atoms with Crippen LogP contribution in [0.2, 0.25) is 18.1 Å². The number of carbonyl (C=O) groups is 2. The van der Waals surface area contributed by atoms with Gasteiger partial charge in [0.05, 0.1) is 19.6 Å². The first-order valence-corrected chi connectivity index (χ1v) is 22.5. The summed E-state index contributed by atoms with van der Waals surface area (Å²) in [7, 11) is -1.72. The Morgan fingerprint density at radius 1 is 0.860 bits per heavy atom. The Morgan fingerprint density at radius 3 is 2.08 bits per heavy atom. The lowest BCUT2D eigenvalue weighted by Gasteiger charge is -2.37. The summed E-state index contributed by atoms with van der Waals surface area (Å²) in [5.74, 6) is -0.449. The fourth-order valence-electron chi connectivity index (χ4n) is 5.24. The minimum absolute atomic E-state index is 0.0207. The van der Waals surface area contributed by atoms with Crippen molar-refractivity contribution < 1.29 is 37.7 Å². The van der Waals surface area contributed by atoms with Gasteiger partial charge in [-0.1, -0.05) is 58.9 Å². The van der Waals surface area contributed by atoms with Crippen molar-refractivity contribution in [1.82, 2.24) is 4.90 Å². The first-order chi connectivity index (χ1) is 23.9. The molecule has 291 valence electrons. The topological polar surface area (TPSA) is 92.8 Å². The van der Waals surface area contributed by atoms with Crippen molar-refractivity contribution in [2.75, 3.05) is 59.3 Å². The van der Waals surface area contributed by atoms with E-state index in [0.717, 1.165) is 96.9 Å². The number of nitrogens with zero attached hydrogens (tertiary/aromatic N) is 1. The Bertz CT molecular complexity index is 911. The number of esters is 1. The average Bonchev–Trinajstić information content (AvgIpc) is 3.08. The molecule has 0 saturated carbocycles. The highest BCUT2D eigenvalue weighted by Gasteiger charge is 2.37. The molecule has 1 saturated heterocycles. The zero-order valence-corrected chi connectivity index (χ0v) is 34.0. The van der Waals surface area contributed by atoms with Gasteiger partial charge >= 0.3 is 12.1 Å². The van der Waals surface area contributed by atoms with Gasteiger partial charge in [0.15, 0.2) is 14.6 Å². The zero-order valence-electron chi connectivity index (χ0n) is 33.0. The highest BCUT2D eigenvalue weighted by molar-refractivity contribution is 6.74. The van der Waals surface area contributed by atoms with Crippen LogP contribution in [0.5, 0.6) is 0 Å². The van der Waals surface area contributed by atoms with E-state index in [-0.39, 0.29) is 36.6 Å². The summed E-state index contributed by atoms with van der Waals surface area (Å²) in [6.07, 6.45) is 19.6. The van der Waals surface area contributed by atoms with E-state index in [4.69, 9.17) is 28.1 Å². The van der Waals surface area contributed by atoms with Gasteiger partial charge in [0.2, 0.25) is 0 Å². The maximum atomic E-state index is 12.5. The van der Waals surface area contributed by atoms with E-state index in [9.17, 15) is 9.59 Å². The number of ether oxygens (including phenoxy) is 5. The molecule has 9 nitrogen and oxygen atoms in total. The Balaban J connectivity index is 2.28. The summed E-state index contributed by atoms with van der Waals surface area (Å²) < 4.78 is 34.4. The van der Waals surface area contributed by atoms with Gasteiger partial charge in [0, 0.05) is 51.2 Å². The number of piperidine rings is 1. The molecule has 10 heteroatoms. The molecule has 50 heavy (non-hydrogen) atoms. The number of carbonyl (C=O) groups excluding carboxylic acids is 2. The molecule has 1 rings (SSSR count). The summed E-state index contributed by atoms with van der Waals surface area (Å²) >= 11 is 0. The number of unbranched alkanes of at least 4 members (excludes halogenated alkanes) is 4. The molecule has 0 spiro atoms. The second kappa shape index (κ2) is 27.9. The minimum Gasteiger partial charge on any atom is -0.465 e. The predicted molar refractivity (Wildman–Crippen MR) is 206 cm³/mol. The molecule has 1 radical (unpaired) electrons. The van der Waals surface area contributed by atoms with Crippen LogP contribution in [-0.2, 0) is 32.9 Å². The van der Waals surface area contributed by atoms with Crippen LogP contribution in [0.3, 0.4) is 0 Å². The van der Waals surface area contributed by atoms with Gasteiger partial charge in [-0.25, -0.2) is 4.79 Å². The largest absolute Gasteiger partial charge is 0.508 e. The molecule has 0 aliphatic carbocycles. The maximum Gasteiger partial charge on any atom is 0.508 e. The number of likely N-dealkylation sites (tertiary alicyclic amines) is 1. The third-order valence-electron chi connectivity index (χ3n) is 9.37. The van der Waals surface area contributed by atoms with E-state index < -0.39 is 26.7 Å². The van der Waals surface area contributed by atoms with Crippen LogP contribution in [0.15, 0.2) is 24.3 Å². The molecule has 2 unspecified atom stereocenters. The van der Waals surface area contributed by atoms with Crippen molar-refractivity contribution in [3.8, 4) is 0 Å². The van der Waals surface area contributed by atoms with Crippen LogP contribution >= 0.6 is 0 Å². The number of rotatable bonds is 28. The minimum atomic E-state index is -1.72. The molecule has 0 N–H and O–H groups in total. The van der Waals surface area contributed by atoms with E-state index in [2.05, 4.69) is 83.8 Å². The fraction of sp³-hybridized carbons (Fsp3) is 0.825. The SMILES string of the molecule is [CH2]C(COC(=O)CCC(OCCCC/C=C\CC)OCCCC/C=C\CC)COC(=O)OCC1CCCN(CCCO[Si](C)(C)C(C)(C)C)C1. The van der Waals surface area contributed by atoms with E-state index in [1.807, 2.05) is 0 Å². The average molecular weight is 725 g/mol. The Kier molecular flexibility index (Phi) is 25.8. The lowest BCUT2D eigenvalue weighted by atomic mass is 9.99. The van der Waals surface area contributed by atoms with E-state index in [1.54, 1.807) is 0 Å². The first-order valence-electron chi connectivity index (χ1n) is 19.6. The fourth-order valence-corrected chi connectivity index (χ4v) is 6.33. The normalized spacial score (nSPS) is 16.8. The molecule has 0 amide bonds. The second-order valence-corrected chi connectivity index (χ2v) is 20.0. The van der Waals surface area contributed by atoms with E-state index >= 15 is 0 Å². The predicted octanol–water partition coefficient (Wildman–Crippen LogP) is 9.67. The van der Waals surface area contributed by atoms with Crippen molar-refractivity contribution in [2.45, 2.75) is 143 Å². The van der Waals surface area contributed by atoms with Gasteiger partial charge < -0.3 is 33.0 Å². The van der Waals surface area contributed by atoms with Gasteiger partial charge in [0.1, 0.15) is 6.61 Å². The number of hydrogen-bond acceptors (Lipinski definition) is 9. The molecule has 1 fully saturated rings. The standard InChI is InChI=1S/C40H74NO8Si/c1-9-11-13-15-17-19-28-44-38(45-29-20-18-16-14-12-10-2)25-24-37(42)46-32-35(3)33-47-39(43)48-34-36-23-21-26-41(31-36)27-22-30-49-50(7,8)40(4,5)6/h11-14,35-36,38H,3,9-10,15-34H2,1-2,4-8H3/b13-11-,14-12-. The molecule has 0 bridgehead atoms. The Morgan fingerprint density at radius 2 is 1.48 bits per heavy atom. The van der Waals surface area contributed by atoms with Crippen LogP contribution in [0.4, 0.5) is 4.79 Å². The van der Waals surface area contributed by atoms with Crippen molar-refractivity contribution in [2.24, 2.45) is 11.8 Å². The molecule has 1 aliphatic heterocycles. The van der Waals surface area contributed by atoms with Crippen LogP contribution in [0.25, 0.3) is 0 Å². The molecule has 2 atom stereocenters. The third kappa shape index (κ3) is 23.7. The lowest BCUT2D eigenvalue weighted by molar-refractivity contribution is -0.160. The Hall–Kier alpha value is -1.72.